The number of carbonyl (C=O) groups excluding carboxylic acids is 1. The number of rotatable bonds is 1. The molecule has 64 valence electrons. The summed E-state index contributed by atoms with van der Waals surface area (Å²) < 4.78 is 1.43. The molecule has 0 aromatic carbocycles. The molecule has 0 saturated heterocycles. The Balaban J connectivity index is 3.49. The third-order valence-corrected chi connectivity index (χ3v) is 1.68. The van der Waals surface area contributed by atoms with Gasteiger partial charge in [0.25, 0.3) is 5.91 Å². The van der Waals surface area contributed by atoms with E-state index >= 15 is 0 Å². The molecule has 0 unspecified atom stereocenters. The van der Waals surface area contributed by atoms with Gasteiger partial charge in [0.05, 0.1) is 10.6 Å². The number of halogens is 1. The van der Waals surface area contributed by atoms with Crippen LogP contribution in [0, 0.1) is 5.41 Å². The molecule has 0 atom stereocenters. The minimum Gasteiger partial charge on any atom is -0.365 e. The maximum absolute atomic E-state index is 10.8. The SMILES string of the molecule is Cn1cc(Cl)cc(C(N)=O)c1=N. The van der Waals surface area contributed by atoms with E-state index in [1.807, 2.05) is 0 Å². The Kier molecular flexibility index (Phi) is 2.19. The number of nitrogens with two attached hydrogens (primary N) is 1. The van der Waals surface area contributed by atoms with E-state index in [4.69, 9.17) is 22.7 Å². The van der Waals surface area contributed by atoms with Crippen LogP contribution in [-0.4, -0.2) is 10.5 Å². The first kappa shape index (κ1) is 8.80. The van der Waals surface area contributed by atoms with Crippen molar-refractivity contribution in [2.24, 2.45) is 12.8 Å². The Morgan fingerprint density at radius 3 is 2.83 bits per heavy atom. The van der Waals surface area contributed by atoms with Crippen molar-refractivity contribution in [3.05, 3.63) is 28.3 Å². The minimum atomic E-state index is -0.641. The van der Waals surface area contributed by atoms with Gasteiger partial charge in [0.2, 0.25) is 0 Å². The summed E-state index contributed by atoms with van der Waals surface area (Å²) in [6, 6.07) is 1.38. The maximum atomic E-state index is 10.8. The van der Waals surface area contributed by atoms with Crippen LogP contribution in [0.1, 0.15) is 10.4 Å². The summed E-state index contributed by atoms with van der Waals surface area (Å²) in [5.41, 5.74) is 5.21. The summed E-state index contributed by atoms with van der Waals surface area (Å²) in [5, 5.41) is 7.82. The first-order valence-electron chi connectivity index (χ1n) is 3.23. The van der Waals surface area contributed by atoms with Crippen molar-refractivity contribution >= 4 is 17.5 Å². The molecule has 1 heterocycles. The van der Waals surface area contributed by atoms with E-state index in [-0.39, 0.29) is 11.1 Å². The highest BCUT2D eigenvalue weighted by Gasteiger charge is 2.05. The van der Waals surface area contributed by atoms with Crippen LogP contribution in [-0.2, 0) is 7.05 Å². The number of pyridine rings is 1. The van der Waals surface area contributed by atoms with Gasteiger partial charge in [0.15, 0.2) is 0 Å². The molecular formula is C7H8ClN3O. The van der Waals surface area contributed by atoms with Crippen LogP contribution in [0.5, 0.6) is 0 Å². The molecule has 3 N–H and O–H groups in total. The van der Waals surface area contributed by atoms with E-state index in [0.29, 0.717) is 5.02 Å². The highest BCUT2D eigenvalue weighted by Crippen LogP contribution is 2.05. The van der Waals surface area contributed by atoms with E-state index in [2.05, 4.69) is 0 Å². The number of nitrogens with zero attached hydrogens (tertiary/aromatic N) is 1. The van der Waals surface area contributed by atoms with Crippen molar-refractivity contribution < 1.29 is 4.79 Å². The van der Waals surface area contributed by atoms with Crippen LogP contribution in [0.15, 0.2) is 12.3 Å². The zero-order valence-electron chi connectivity index (χ0n) is 6.47. The number of primary amides is 1. The topological polar surface area (TPSA) is 71.9 Å². The average molecular weight is 186 g/mol. The smallest absolute Gasteiger partial charge is 0.252 e. The Hall–Kier alpha value is -1.29. The van der Waals surface area contributed by atoms with Crippen molar-refractivity contribution in [1.82, 2.24) is 4.57 Å². The molecule has 0 aliphatic carbocycles. The normalized spacial score (nSPS) is 9.83. The molecule has 0 spiro atoms. The Labute approximate surface area is 74.1 Å². The first-order chi connectivity index (χ1) is 5.52. The largest absolute Gasteiger partial charge is 0.365 e. The van der Waals surface area contributed by atoms with Crippen molar-refractivity contribution in [2.75, 3.05) is 0 Å². The fourth-order valence-electron chi connectivity index (χ4n) is 0.871. The molecule has 0 aliphatic rings. The molecule has 0 fully saturated rings. The number of aryl methyl sites for hydroxylation is 1. The molecule has 5 heteroatoms. The lowest BCUT2D eigenvalue weighted by Gasteiger charge is -2.02. The second kappa shape index (κ2) is 2.98. The summed E-state index contributed by atoms with van der Waals surface area (Å²) in [7, 11) is 1.63. The Bertz CT molecular complexity index is 383. The van der Waals surface area contributed by atoms with Crippen LogP contribution in [0.3, 0.4) is 0 Å². The van der Waals surface area contributed by atoms with Crippen molar-refractivity contribution in [1.29, 1.82) is 5.41 Å². The van der Waals surface area contributed by atoms with Gasteiger partial charge in [0.1, 0.15) is 5.49 Å². The van der Waals surface area contributed by atoms with Crippen LogP contribution in [0.2, 0.25) is 5.02 Å². The average Bonchev–Trinajstić information content (AvgIpc) is 1.96. The number of hydrogen-bond acceptors (Lipinski definition) is 2. The number of nitrogens with one attached hydrogen (secondary N) is 1. The molecule has 1 rings (SSSR count). The van der Waals surface area contributed by atoms with Gasteiger partial charge in [-0.2, -0.15) is 0 Å². The van der Waals surface area contributed by atoms with Crippen LogP contribution >= 0.6 is 11.6 Å². The highest BCUT2D eigenvalue weighted by molar-refractivity contribution is 6.30. The third-order valence-electron chi connectivity index (χ3n) is 1.47. The molecule has 4 nitrogen and oxygen atoms in total. The quantitative estimate of drug-likeness (QED) is 0.647. The van der Waals surface area contributed by atoms with Crippen LogP contribution in [0.25, 0.3) is 0 Å². The summed E-state index contributed by atoms with van der Waals surface area (Å²) in [5.74, 6) is -0.641. The van der Waals surface area contributed by atoms with Gasteiger partial charge in [-0.1, -0.05) is 11.6 Å². The van der Waals surface area contributed by atoms with Crippen LogP contribution in [0.4, 0.5) is 0 Å². The van der Waals surface area contributed by atoms with Crippen molar-refractivity contribution in [2.45, 2.75) is 0 Å². The summed E-state index contributed by atoms with van der Waals surface area (Å²) in [4.78, 5) is 10.8. The lowest BCUT2D eigenvalue weighted by molar-refractivity contribution is 0.0998. The minimum absolute atomic E-state index is 0.0619. The van der Waals surface area contributed by atoms with Crippen molar-refractivity contribution in [3.63, 3.8) is 0 Å². The molecule has 1 amide bonds. The fraction of sp³-hybridized carbons (Fsp3) is 0.143. The lowest BCUT2D eigenvalue weighted by atomic mass is 10.2. The maximum Gasteiger partial charge on any atom is 0.252 e. The summed E-state index contributed by atoms with van der Waals surface area (Å²) in [6.07, 6.45) is 1.54. The monoisotopic (exact) mass is 185 g/mol. The standard InChI is InChI=1S/C7H8ClN3O/c1-11-3-4(8)2-5(6(11)9)7(10)12/h2-3,9H,1H3,(H2,10,12). The number of hydrogen-bond donors (Lipinski definition) is 2. The predicted octanol–water partition coefficient (Wildman–Crippen LogP) is 0.257. The Morgan fingerprint density at radius 2 is 2.33 bits per heavy atom. The second-order valence-electron chi connectivity index (χ2n) is 2.40. The number of carbonyl (C=O) groups is 1. The molecule has 0 bridgehead atoms. The fourth-order valence-corrected chi connectivity index (χ4v) is 1.13. The predicted molar refractivity (Wildman–Crippen MR) is 44.8 cm³/mol. The van der Waals surface area contributed by atoms with Gasteiger partial charge in [0, 0.05) is 13.2 Å². The van der Waals surface area contributed by atoms with Gasteiger partial charge < -0.3 is 10.3 Å². The van der Waals surface area contributed by atoms with E-state index in [1.165, 1.54) is 16.8 Å². The van der Waals surface area contributed by atoms with E-state index in [9.17, 15) is 4.79 Å². The molecule has 12 heavy (non-hydrogen) atoms. The van der Waals surface area contributed by atoms with E-state index in [0.717, 1.165) is 0 Å². The van der Waals surface area contributed by atoms with Crippen molar-refractivity contribution in [3.8, 4) is 0 Å². The zero-order valence-corrected chi connectivity index (χ0v) is 7.22. The number of amides is 1. The van der Waals surface area contributed by atoms with E-state index < -0.39 is 5.91 Å². The van der Waals surface area contributed by atoms with Gasteiger partial charge in [-0.05, 0) is 6.07 Å². The summed E-state index contributed by atoms with van der Waals surface area (Å²) >= 11 is 5.65. The number of aromatic nitrogens is 1. The van der Waals surface area contributed by atoms with Gasteiger partial charge in [-0.15, -0.1) is 0 Å². The molecule has 1 aromatic rings. The molecular weight excluding hydrogens is 178 g/mol. The molecule has 1 aromatic heterocycles. The van der Waals surface area contributed by atoms with Crippen LogP contribution < -0.4 is 11.2 Å². The summed E-state index contributed by atoms with van der Waals surface area (Å²) in [6.45, 7) is 0. The van der Waals surface area contributed by atoms with E-state index in [1.54, 1.807) is 7.05 Å². The molecule has 0 aliphatic heterocycles. The zero-order chi connectivity index (χ0) is 9.30. The van der Waals surface area contributed by atoms with Gasteiger partial charge in [-0.3, -0.25) is 10.2 Å². The van der Waals surface area contributed by atoms with Gasteiger partial charge in [-0.25, -0.2) is 0 Å². The molecule has 0 radical (unpaired) electrons. The third kappa shape index (κ3) is 1.48. The molecule has 0 saturated carbocycles. The first-order valence-corrected chi connectivity index (χ1v) is 3.60. The Morgan fingerprint density at radius 1 is 1.75 bits per heavy atom. The van der Waals surface area contributed by atoms with Gasteiger partial charge >= 0.3 is 0 Å². The second-order valence-corrected chi connectivity index (χ2v) is 2.83. The highest BCUT2D eigenvalue weighted by atomic mass is 35.5. The lowest BCUT2D eigenvalue weighted by Crippen LogP contribution is -2.27.